The van der Waals surface area contributed by atoms with Crippen LogP contribution in [0.2, 0.25) is 0 Å². The zero-order valence-corrected chi connectivity index (χ0v) is 18.5. The van der Waals surface area contributed by atoms with Gasteiger partial charge in [-0.15, -0.1) is 0 Å². The van der Waals surface area contributed by atoms with Crippen molar-refractivity contribution in [1.82, 2.24) is 9.62 Å². The van der Waals surface area contributed by atoms with Gasteiger partial charge in [-0.25, -0.2) is 4.99 Å². The van der Waals surface area contributed by atoms with Gasteiger partial charge in [0.2, 0.25) is 0 Å². The summed E-state index contributed by atoms with van der Waals surface area (Å²) in [6, 6.07) is 14.7. The van der Waals surface area contributed by atoms with Gasteiger partial charge in [0.1, 0.15) is 6.04 Å². The van der Waals surface area contributed by atoms with Crippen LogP contribution in [0.5, 0.6) is 0 Å². The predicted molar refractivity (Wildman–Crippen MR) is 125 cm³/mol. The van der Waals surface area contributed by atoms with Crippen LogP contribution in [0.1, 0.15) is 17.3 Å². The quantitative estimate of drug-likeness (QED) is 0.505. The van der Waals surface area contributed by atoms with Gasteiger partial charge in [-0.2, -0.15) is 0 Å². The molecule has 2 saturated heterocycles. The highest BCUT2D eigenvalue weighted by Gasteiger charge is 2.49. The molecule has 2 aromatic rings. The van der Waals surface area contributed by atoms with E-state index in [1.807, 2.05) is 30.3 Å². The van der Waals surface area contributed by atoms with Crippen LogP contribution >= 0.6 is 35.9 Å². The number of anilines is 1. The number of aliphatic imine (C=N–C) groups is 1. The Morgan fingerprint density at radius 1 is 1.16 bits per heavy atom. The number of benzene rings is 2. The van der Waals surface area contributed by atoms with Crippen LogP contribution < -0.4 is 10.2 Å². The summed E-state index contributed by atoms with van der Waals surface area (Å²) in [7, 11) is 0. The number of thiocarbonyl (C=S) groups is 1. The fourth-order valence-electron chi connectivity index (χ4n) is 2.89. The summed E-state index contributed by atoms with van der Waals surface area (Å²) in [4.78, 5) is 41.9. The summed E-state index contributed by atoms with van der Waals surface area (Å²) in [5.74, 6) is -1.69. The van der Waals surface area contributed by atoms with Crippen LogP contribution in [0.25, 0.3) is 0 Å². The SMILES string of the molecule is CC(NC(=O)c1ccc(N=C2SC3C(=O)N(c4ccccc4)C(=S)N3S2)cc1)C(=O)O. The number of hydrogen-bond acceptors (Lipinski definition) is 7. The van der Waals surface area contributed by atoms with E-state index < -0.39 is 23.3 Å². The van der Waals surface area contributed by atoms with Gasteiger partial charge in [0, 0.05) is 17.5 Å². The predicted octanol–water partition coefficient (Wildman–Crippen LogP) is 3.23. The molecule has 4 rings (SSSR count). The molecular weight excluding hydrogens is 456 g/mol. The number of fused-ring (bicyclic) bond motifs is 1. The van der Waals surface area contributed by atoms with E-state index in [0.29, 0.717) is 20.7 Å². The Morgan fingerprint density at radius 3 is 2.45 bits per heavy atom. The van der Waals surface area contributed by atoms with E-state index in [4.69, 9.17) is 17.3 Å². The second kappa shape index (κ2) is 8.69. The third-order valence-electron chi connectivity index (χ3n) is 4.50. The van der Waals surface area contributed by atoms with Crippen molar-refractivity contribution in [3.8, 4) is 0 Å². The van der Waals surface area contributed by atoms with Crippen LogP contribution in [0.3, 0.4) is 0 Å². The van der Waals surface area contributed by atoms with E-state index in [1.165, 1.54) is 35.5 Å². The molecular formula is C20H16N4O4S3. The molecule has 2 fully saturated rings. The Balaban J connectivity index is 1.44. The highest BCUT2D eigenvalue weighted by Crippen LogP contribution is 2.45. The molecule has 2 heterocycles. The highest BCUT2D eigenvalue weighted by atomic mass is 32.2. The molecule has 31 heavy (non-hydrogen) atoms. The number of carboxylic acid groups (broad SMARTS) is 1. The summed E-state index contributed by atoms with van der Waals surface area (Å²) in [5.41, 5.74) is 1.68. The zero-order chi connectivity index (χ0) is 22.1. The average Bonchev–Trinajstić information content (AvgIpc) is 3.27. The summed E-state index contributed by atoms with van der Waals surface area (Å²) >= 11 is 8.14. The first-order valence-electron chi connectivity index (χ1n) is 9.14. The maximum absolute atomic E-state index is 12.9. The molecule has 2 aromatic carbocycles. The van der Waals surface area contributed by atoms with Crippen molar-refractivity contribution in [2.45, 2.75) is 18.3 Å². The van der Waals surface area contributed by atoms with Gasteiger partial charge in [0.25, 0.3) is 11.8 Å². The lowest BCUT2D eigenvalue weighted by Gasteiger charge is -2.17. The molecule has 2 amide bonds. The minimum atomic E-state index is -1.11. The number of hydrogen-bond donors (Lipinski definition) is 2. The van der Waals surface area contributed by atoms with Crippen molar-refractivity contribution in [3.63, 3.8) is 0 Å². The molecule has 2 aliphatic heterocycles. The van der Waals surface area contributed by atoms with Crippen LogP contribution in [0.4, 0.5) is 11.4 Å². The molecule has 0 aromatic heterocycles. The lowest BCUT2D eigenvalue weighted by molar-refractivity contribution is -0.138. The number of nitrogens with zero attached hydrogens (tertiary/aromatic N) is 3. The van der Waals surface area contributed by atoms with Crippen molar-refractivity contribution < 1.29 is 19.5 Å². The lowest BCUT2D eigenvalue weighted by Crippen LogP contribution is -2.38. The fourth-order valence-corrected chi connectivity index (χ4v) is 5.72. The first kappa shape index (κ1) is 21.3. The average molecular weight is 473 g/mol. The summed E-state index contributed by atoms with van der Waals surface area (Å²) in [6.45, 7) is 1.39. The lowest BCUT2D eigenvalue weighted by atomic mass is 10.2. The van der Waals surface area contributed by atoms with Crippen molar-refractivity contribution in [2.75, 3.05) is 4.90 Å². The molecule has 158 valence electrons. The monoisotopic (exact) mass is 472 g/mol. The number of thioether (sulfide) groups is 1. The summed E-state index contributed by atoms with van der Waals surface area (Å²) < 4.78 is 2.44. The van der Waals surface area contributed by atoms with Gasteiger partial charge < -0.3 is 10.4 Å². The number of carboxylic acids is 1. The van der Waals surface area contributed by atoms with Crippen molar-refractivity contribution in [3.05, 3.63) is 60.2 Å². The van der Waals surface area contributed by atoms with E-state index in [-0.39, 0.29) is 5.91 Å². The molecule has 8 nitrogen and oxygen atoms in total. The maximum atomic E-state index is 12.9. The highest BCUT2D eigenvalue weighted by molar-refractivity contribution is 8.41. The first-order chi connectivity index (χ1) is 14.8. The zero-order valence-electron chi connectivity index (χ0n) is 16.1. The molecule has 0 spiro atoms. The van der Waals surface area contributed by atoms with Gasteiger partial charge in [0.15, 0.2) is 14.9 Å². The smallest absolute Gasteiger partial charge is 0.325 e. The molecule has 11 heteroatoms. The summed E-state index contributed by atoms with van der Waals surface area (Å²) in [6.07, 6.45) is 0. The number of para-hydroxylation sites is 1. The van der Waals surface area contributed by atoms with Gasteiger partial charge in [-0.1, -0.05) is 30.0 Å². The van der Waals surface area contributed by atoms with E-state index in [2.05, 4.69) is 10.3 Å². The largest absolute Gasteiger partial charge is 0.480 e. The minimum absolute atomic E-state index is 0.113. The van der Waals surface area contributed by atoms with Gasteiger partial charge in [0.05, 0.1) is 11.4 Å². The van der Waals surface area contributed by atoms with Crippen LogP contribution in [0, 0.1) is 0 Å². The first-order valence-corrected chi connectivity index (χ1v) is 11.2. The third-order valence-corrected chi connectivity index (χ3v) is 7.39. The normalized spacial score (nSPS) is 20.2. The van der Waals surface area contributed by atoms with Crippen molar-refractivity contribution in [1.29, 1.82) is 0 Å². The molecule has 0 bridgehead atoms. The van der Waals surface area contributed by atoms with Gasteiger partial charge in [-0.3, -0.25) is 23.6 Å². The van der Waals surface area contributed by atoms with E-state index in [1.54, 1.807) is 28.6 Å². The second-order valence-electron chi connectivity index (χ2n) is 6.64. The van der Waals surface area contributed by atoms with Gasteiger partial charge in [-0.05, 0) is 55.5 Å². The number of aliphatic carboxylic acids is 1. The minimum Gasteiger partial charge on any atom is -0.480 e. The fraction of sp³-hybridized carbons (Fsp3) is 0.150. The Bertz CT molecular complexity index is 1070. The summed E-state index contributed by atoms with van der Waals surface area (Å²) in [5, 5.41) is 11.2. The van der Waals surface area contributed by atoms with E-state index in [0.717, 1.165) is 5.69 Å². The van der Waals surface area contributed by atoms with Crippen molar-refractivity contribution >= 4 is 74.6 Å². The molecule has 2 unspecified atom stereocenters. The Labute approximate surface area is 191 Å². The standard InChI is InChI=1S/C20H16N4O4S3/c1-11(18(27)28)21-15(25)12-7-9-13(10-8-12)22-19-30-17-16(26)23(20(29)24(17)31-19)14-5-3-2-4-6-14/h2-11,17H,1H3,(H,21,25)(H,27,28). The number of carbonyl (C=O) groups excluding carboxylic acids is 2. The van der Waals surface area contributed by atoms with Crippen LogP contribution in [-0.2, 0) is 9.59 Å². The topological polar surface area (TPSA) is 102 Å². The molecule has 0 aliphatic carbocycles. The number of carbonyl (C=O) groups is 3. The Hall–Kier alpha value is -2.89. The number of rotatable bonds is 5. The number of nitrogens with one attached hydrogen (secondary N) is 1. The second-order valence-corrected chi connectivity index (χ2v) is 9.29. The molecule has 0 saturated carbocycles. The Morgan fingerprint density at radius 2 is 1.84 bits per heavy atom. The molecule has 2 N–H and O–H groups in total. The maximum Gasteiger partial charge on any atom is 0.325 e. The van der Waals surface area contributed by atoms with Crippen LogP contribution in [0.15, 0.2) is 59.6 Å². The van der Waals surface area contributed by atoms with Crippen molar-refractivity contribution in [2.24, 2.45) is 4.99 Å². The van der Waals surface area contributed by atoms with E-state index >= 15 is 0 Å². The Kier molecular flexibility index (Phi) is 5.99. The third kappa shape index (κ3) is 4.29. The molecule has 2 atom stereocenters. The van der Waals surface area contributed by atoms with E-state index in [9.17, 15) is 14.4 Å². The van der Waals surface area contributed by atoms with Gasteiger partial charge >= 0.3 is 5.97 Å². The van der Waals surface area contributed by atoms with Crippen LogP contribution in [-0.4, -0.2) is 48.1 Å². The molecule has 0 radical (unpaired) electrons. The number of amides is 2. The molecule has 2 aliphatic rings.